The maximum Gasteiger partial charge on any atom is 0.0156 e. The van der Waals surface area contributed by atoms with Crippen LogP contribution in [0.15, 0.2) is 0 Å². The Hall–Kier alpha value is 0.480. The molecular weight excluding hydrogens is 200 g/mol. The molecule has 1 heteroatoms. The summed E-state index contributed by atoms with van der Waals surface area (Å²) in [4.78, 5) is 0.844. The Morgan fingerprint density at radius 3 is 2.18 bits per heavy atom. The first-order valence-corrected chi connectivity index (χ1v) is 5.57. The van der Waals surface area contributed by atoms with Gasteiger partial charge in [-0.05, 0) is 42.9 Å². The third-order valence-electron chi connectivity index (χ3n) is 3.49. The Morgan fingerprint density at radius 1 is 1.18 bits per heavy atom. The topological polar surface area (TPSA) is 0 Å². The Balaban J connectivity index is 2.00. The summed E-state index contributed by atoms with van der Waals surface area (Å²) in [5.41, 5.74) is 1.42. The SMILES string of the molecule is CC1(C)CCC2(CC(Br)C2)C1. The first-order chi connectivity index (χ1) is 5.02. The first kappa shape index (κ1) is 8.10. The highest BCUT2D eigenvalue weighted by Gasteiger charge is 2.50. The van der Waals surface area contributed by atoms with Gasteiger partial charge in [-0.3, -0.25) is 0 Å². The van der Waals surface area contributed by atoms with E-state index in [1.807, 2.05) is 0 Å². The van der Waals surface area contributed by atoms with Crippen molar-refractivity contribution in [3.05, 3.63) is 0 Å². The van der Waals surface area contributed by atoms with Crippen LogP contribution in [0.5, 0.6) is 0 Å². The van der Waals surface area contributed by atoms with Gasteiger partial charge in [-0.25, -0.2) is 0 Å². The number of halogens is 1. The predicted molar refractivity (Wildman–Crippen MR) is 52.0 cm³/mol. The highest BCUT2D eigenvalue weighted by atomic mass is 79.9. The molecule has 64 valence electrons. The van der Waals surface area contributed by atoms with Crippen molar-refractivity contribution in [2.75, 3.05) is 0 Å². The number of rotatable bonds is 0. The molecule has 0 amide bonds. The van der Waals surface area contributed by atoms with Gasteiger partial charge in [0.2, 0.25) is 0 Å². The lowest BCUT2D eigenvalue weighted by molar-refractivity contribution is 0.137. The summed E-state index contributed by atoms with van der Waals surface area (Å²) in [7, 11) is 0. The molecule has 0 nitrogen and oxygen atoms in total. The molecule has 0 atom stereocenters. The number of hydrogen-bond donors (Lipinski definition) is 0. The molecule has 2 saturated carbocycles. The van der Waals surface area contributed by atoms with Gasteiger partial charge < -0.3 is 0 Å². The van der Waals surface area contributed by atoms with Gasteiger partial charge >= 0.3 is 0 Å². The van der Waals surface area contributed by atoms with E-state index in [0.29, 0.717) is 5.41 Å². The lowest BCUT2D eigenvalue weighted by atomic mass is 9.66. The molecule has 11 heavy (non-hydrogen) atoms. The Kier molecular flexibility index (Phi) is 1.65. The number of hydrogen-bond acceptors (Lipinski definition) is 0. The number of alkyl halides is 1. The molecule has 2 rings (SSSR count). The molecule has 0 N–H and O–H groups in total. The van der Waals surface area contributed by atoms with Gasteiger partial charge in [0.1, 0.15) is 0 Å². The lowest BCUT2D eigenvalue weighted by Gasteiger charge is -2.43. The van der Waals surface area contributed by atoms with E-state index >= 15 is 0 Å². The molecule has 0 aliphatic heterocycles. The summed E-state index contributed by atoms with van der Waals surface area (Å²) in [6, 6.07) is 0. The molecule has 0 aromatic carbocycles. The molecule has 0 aromatic rings. The minimum absolute atomic E-state index is 0.646. The molecule has 2 fully saturated rings. The molecule has 1 spiro atoms. The average Bonchev–Trinajstić information content (AvgIpc) is 2.05. The van der Waals surface area contributed by atoms with E-state index in [9.17, 15) is 0 Å². The van der Waals surface area contributed by atoms with Crippen LogP contribution in [0.2, 0.25) is 0 Å². The van der Waals surface area contributed by atoms with E-state index in [4.69, 9.17) is 0 Å². The standard InChI is InChI=1S/C10H17Br/c1-9(2)3-4-10(7-9)5-8(11)6-10/h8H,3-7H2,1-2H3. The van der Waals surface area contributed by atoms with E-state index in [-0.39, 0.29) is 0 Å². The minimum Gasteiger partial charge on any atom is -0.0890 e. The smallest absolute Gasteiger partial charge is 0.0156 e. The largest absolute Gasteiger partial charge is 0.0890 e. The van der Waals surface area contributed by atoms with Crippen LogP contribution in [-0.2, 0) is 0 Å². The average molecular weight is 217 g/mol. The van der Waals surface area contributed by atoms with Gasteiger partial charge in [-0.15, -0.1) is 0 Å². The van der Waals surface area contributed by atoms with E-state index in [0.717, 1.165) is 10.2 Å². The van der Waals surface area contributed by atoms with Crippen molar-refractivity contribution < 1.29 is 0 Å². The molecule has 0 radical (unpaired) electrons. The zero-order valence-corrected chi connectivity index (χ0v) is 9.08. The lowest BCUT2D eigenvalue weighted by Crippen LogP contribution is -2.35. The predicted octanol–water partition coefficient (Wildman–Crippen LogP) is 3.74. The molecule has 2 aliphatic rings. The molecule has 2 aliphatic carbocycles. The monoisotopic (exact) mass is 216 g/mol. The second-order valence-corrected chi connectivity index (χ2v) is 6.64. The summed E-state index contributed by atoms with van der Waals surface area (Å²) in [6.45, 7) is 4.84. The van der Waals surface area contributed by atoms with Crippen molar-refractivity contribution in [2.45, 2.75) is 50.8 Å². The van der Waals surface area contributed by atoms with Crippen molar-refractivity contribution in [1.29, 1.82) is 0 Å². The zero-order valence-electron chi connectivity index (χ0n) is 7.49. The zero-order chi connectivity index (χ0) is 8.11. The highest BCUT2D eigenvalue weighted by Crippen LogP contribution is 2.60. The summed E-state index contributed by atoms with van der Waals surface area (Å²) in [5.74, 6) is 0. The van der Waals surface area contributed by atoms with E-state index in [1.54, 1.807) is 0 Å². The van der Waals surface area contributed by atoms with Gasteiger partial charge in [0.05, 0.1) is 0 Å². The summed E-state index contributed by atoms with van der Waals surface area (Å²) in [5, 5.41) is 0. The van der Waals surface area contributed by atoms with E-state index < -0.39 is 0 Å². The van der Waals surface area contributed by atoms with Crippen LogP contribution >= 0.6 is 15.9 Å². The van der Waals surface area contributed by atoms with Crippen LogP contribution in [-0.4, -0.2) is 4.83 Å². The van der Waals surface area contributed by atoms with Crippen molar-refractivity contribution in [3.8, 4) is 0 Å². The first-order valence-electron chi connectivity index (χ1n) is 4.66. The van der Waals surface area contributed by atoms with Gasteiger partial charge in [0, 0.05) is 4.83 Å². The fourth-order valence-electron chi connectivity index (χ4n) is 3.02. The van der Waals surface area contributed by atoms with Gasteiger partial charge in [0.25, 0.3) is 0 Å². The second kappa shape index (κ2) is 2.25. The van der Waals surface area contributed by atoms with E-state index in [2.05, 4.69) is 29.8 Å². The van der Waals surface area contributed by atoms with Crippen molar-refractivity contribution in [3.63, 3.8) is 0 Å². The molecule has 0 aromatic heterocycles. The van der Waals surface area contributed by atoms with Gasteiger partial charge in [-0.1, -0.05) is 29.8 Å². The van der Waals surface area contributed by atoms with Crippen LogP contribution in [0, 0.1) is 10.8 Å². The van der Waals surface area contributed by atoms with E-state index in [1.165, 1.54) is 32.1 Å². The summed E-state index contributed by atoms with van der Waals surface area (Å²) in [6.07, 6.45) is 7.30. The normalized spacial score (nSPS) is 47.7. The maximum atomic E-state index is 3.68. The minimum atomic E-state index is 0.646. The molecular formula is C10H17Br. The molecule has 0 saturated heterocycles. The third-order valence-corrected chi connectivity index (χ3v) is 4.14. The fraction of sp³-hybridized carbons (Fsp3) is 1.00. The van der Waals surface area contributed by atoms with Crippen LogP contribution in [0.25, 0.3) is 0 Å². The van der Waals surface area contributed by atoms with Crippen molar-refractivity contribution in [2.24, 2.45) is 10.8 Å². The summed E-state index contributed by atoms with van der Waals surface area (Å²) < 4.78 is 0. The van der Waals surface area contributed by atoms with Gasteiger partial charge in [0.15, 0.2) is 0 Å². The Bertz CT molecular complexity index is 166. The molecule has 0 heterocycles. The van der Waals surface area contributed by atoms with Crippen LogP contribution < -0.4 is 0 Å². The Morgan fingerprint density at radius 2 is 1.82 bits per heavy atom. The fourth-order valence-corrected chi connectivity index (χ4v) is 4.40. The van der Waals surface area contributed by atoms with Crippen molar-refractivity contribution in [1.82, 2.24) is 0 Å². The Labute approximate surface area is 77.9 Å². The third kappa shape index (κ3) is 1.37. The van der Waals surface area contributed by atoms with Crippen LogP contribution in [0.1, 0.15) is 46.0 Å². The maximum absolute atomic E-state index is 3.68. The van der Waals surface area contributed by atoms with Crippen molar-refractivity contribution >= 4 is 15.9 Å². The summed E-state index contributed by atoms with van der Waals surface area (Å²) >= 11 is 3.68. The molecule has 0 bridgehead atoms. The van der Waals surface area contributed by atoms with Gasteiger partial charge in [-0.2, -0.15) is 0 Å². The van der Waals surface area contributed by atoms with Crippen LogP contribution in [0.3, 0.4) is 0 Å². The second-order valence-electron chi connectivity index (χ2n) is 5.35. The van der Waals surface area contributed by atoms with Crippen LogP contribution in [0.4, 0.5) is 0 Å². The highest BCUT2D eigenvalue weighted by molar-refractivity contribution is 9.09. The molecule has 0 unspecified atom stereocenters. The quantitative estimate of drug-likeness (QED) is 0.542.